The number of aliphatic imine (C=N–C) groups is 1. The van der Waals surface area contributed by atoms with E-state index < -0.39 is 84.2 Å². The minimum atomic E-state index is -1.59. The van der Waals surface area contributed by atoms with Crippen LogP contribution in [0.25, 0.3) is 0 Å². The first-order valence-electron chi connectivity index (χ1n) is 19.0. The van der Waals surface area contributed by atoms with Crippen LogP contribution in [0.4, 0.5) is 0 Å². The Kier molecular flexibility index (Phi) is 13.8. The number of nitrogens with zero attached hydrogens (tertiary/aromatic N) is 3. The maximum absolute atomic E-state index is 14.2. The molecule has 0 radical (unpaired) electrons. The molecule has 1 aromatic carbocycles. The van der Waals surface area contributed by atoms with Gasteiger partial charge in [0.1, 0.15) is 42.2 Å². The maximum Gasteiger partial charge on any atom is 0.248 e. The summed E-state index contributed by atoms with van der Waals surface area (Å²) in [5.74, 6) is -3.88. The highest BCUT2D eigenvalue weighted by Crippen LogP contribution is 2.39. The molecule has 4 aliphatic rings. The summed E-state index contributed by atoms with van der Waals surface area (Å²) in [5.41, 5.74) is 7.17. The summed E-state index contributed by atoms with van der Waals surface area (Å²) in [6.07, 6.45) is -2.05. The first kappa shape index (κ1) is 41.5. The van der Waals surface area contributed by atoms with E-state index in [0.717, 1.165) is 10.5 Å². The van der Waals surface area contributed by atoms with Gasteiger partial charge in [-0.2, -0.15) is 0 Å². The lowest BCUT2D eigenvalue weighted by Crippen LogP contribution is -2.61. The number of nitrogens with two attached hydrogens (primary N) is 1. The molecule has 0 bridgehead atoms. The number of aliphatic hydroxyl groups is 3. The highest BCUT2D eigenvalue weighted by Gasteiger charge is 2.50. The van der Waals surface area contributed by atoms with E-state index in [9.17, 15) is 49.2 Å². The predicted molar refractivity (Wildman–Crippen MR) is 197 cm³/mol. The molecule has 0 aromatic heterocycles. The van der Waals surface area contributed by atoms with Gasteiger partial charge in [0.25, 0.3) is 0 Å². The van der Waals surface area contributed by atoms with Crippen LogP contribution in [0.2, 0.25) is 0 Å². The average molecular weight is 771 g/mol. The topological polar surface area (TPSA) is 276 Å². The number of carbonyl (C=O) groups is 6. The molecular weight excluding hydrogens is 716 g/mol. The molecule has 3 aliphatic heterocycles. The third kappa shape index (κ3) is 10.2. The molecule has 2 saturated heterocycles. The number of nitrogens with one attached hydrogen (secondary N) is 4. The maximum atomic E-state index is 14.2. The summed E-state index contributed by atoms with van der Waals surface area (Å²) in [7, 11) is 0. The Labute approximate surface area is 319 Å². The highest BCUT2D eigenvalue weighted by molar-refractivity contribution is 6.01. The van der Waals surface area contributed by atoms with Gasteiger partial charge in [0.15, 0.2) is 0 Å². The first-order valence-corrected chi connectivity index (χ1v) is 19.0. The Hall–Kier alpha value is -4.65. The third-order valence-electron chi connectivity index (χ3n) is 10.9. The second kappa shape index (κ2) is 18.3. The predicted octanol–water partition coefficient (Wildman–Crippen LogP) is -2.46. The molecule has 18 nitrogen and oxygen atoms in total. The summed E-state index contributed by atoms with van der Waals surface area (Å²) in [4.78, 5) is 89.1. The standard InChI is InChI=1S/C37H54N8O10/c1-19(46)31-37(55)45-18-24(49)17-29(45)35(53)41-26(10-7-21-5-8-23(48)9-6-21)33(51)42-27(4-3-14-38)36(54)44-15-13-22-16-28(32(22)44)40-30(50)12-11-25(34(52)43-31)39-20(2)47/h5-6,8-9,19,22,24-27,29-32,46,48-50H,3-4,7,10-18,38H2,1-2H3,(H,39,47)(H,41,53)(H,42,51)(H,43,52). The number of rotatable bonds is 8. The Morgan fingerprint density at radius 2 is 1.65 bits per heavy atom. The van der Waals surface area contributed by atoms with E-state index in [0.29, 0.717) is 31.5 Å². The van der Waals surface area contributed by atoms with Crippen molar-refractivity contribution in [1.29, 1.82) is 0 Å². The van der Waals surface area contributed by atoms with Crippen molar-refractivity contribution in [2.24, 2.45) is 16.6 Å². The van der Waals surface area contributed by atoms with Crippen LogP contribution >= 0.6 is 0 Å². The zero-order valence-electron chi connectivity index (χ0n) is 31.2. The minimum absolute atomic E-state index is 0.0504. The molecular formula is C37H54N8O10. The number of aromatic hydroxyl groups is 1. The van der Waals surface area contributed by atoms with Crippen molar-refractivity contribution in [3.8, 4) is 5.75 Å². The number of phenolic OH excluding ortho intramolecular Hbond substituents is 1. The van der Waals surface area contributed by atoms with Crippen LogP contribution in [0.1, 0.15) is 70.8 Å². The molecule has 10 N–H and O–H groups in total. The summed E-state index contributed by atoms with van der Waals surface area (Å²) in [6.45, 7) is 2.82. The van der Waals surface area contributed by atoms with Crippen molar-refractivity contribution in [3.05, 3.63) is 29.8 Å². The number of fused-ring (bicyclic) bond motifs is 1. The summed E-state index contributed by atoms with van der Waals surface area (Å²) in [5, 5.41) is 52.6. The van der Waals surface area contributed by atoms with Gasteiger partial charge in [0.2, 0.25) is 35.4 Å². The molecule has 302 valence electrons. The smallest absolute Gasteiger partial charge is 0.248 e. The normalized spacial score (nSPS) is 31.5. The van der Waals surface area contributed by atoms with Gasteiger partial charge in [-0.1, -0.05) is 12.1 Å². The number of hydrogen-bond donors (Lipinski definition) is 9. The van der Waals surface area contributed by atoms with Gasteiger partial charge in [-0.15, -0.1) is 0 Å². The van der Waals surface area contributed by atoms with Crippen molar-refractivity contribution >= 4 is 41.2 Å². The molecule has 3 heterocycles. The lowest BCUT2D eigenvalue weighted by molar-refractivity contribution is -0.145. The number of phenols is 1. The van der Waals surface area contributed by atoms with E-state index in [-0.39, 0.29) is 69.2 Å². The van der Waals surface area contributed by atoms with E-state index in [1.165, 1.54) is 26.0 Å². The number of aryl methyl sites for hydroxylation is 1. The average Bonchev–Trinajstić information content (AvgIpc) is 3.70. The van der Waals surface area contributed by atoms with Crippen molar-refractivity contribution in [1.82, 2.24) is 31.1 Å². The molecule has 1 aromatic rings. The van der Waals surface area contributed by atoms with Crippen LogP contribution in [-0.2, 0) is 35.2 Å². The molecule has 18 heteroatoms. The molecule has 3 fully saturated rings. The summed E-state index contributed by atoms with van der Waals surface area (Å²) < 4.78 is 0. The SMILES string of the molecule is CC(=O)NC1CCC(O)N=C2CC3CCN(C(=O)C(CCCN)NC(=O)C(CCc4ccc(O)cc4)NC(=O)C4CC(O)CN4C(=O)C(C(C)O)NC1=O)C23. The first-order chi connectivity index (χ1) is 26.2. The number of carbonyl (C=O) groups excluding carboxylic acids is 6. The van der Waals surface area contributed by atoms with E-state index in [1.54, 1.807) is 17.0 Å². The molecule has 1 saturated carbocycles. The van der Waals surface area contributed by atoms with Gasteiger partial charge in [0.05, 0.1) is 18.2 Å². The molecule has 55 heavy (non-hydrogen) atoms. The van der Waals surface area contributed by atoms with Crippen LogP contribution in [-0.4, -0.2) is 146 Å². The van der Waals surface area contributed by atoms with Crippen molar-refractivity contribution < 1.29 is 49.2 Å². The van der Waals surface area contributed by atoms with Gasteiger partial charge < -0.3 is 57.2 Å². The molecule has 0 spiro atoms. The van der Waals surface area contributed by atoms with Gasteiger partial charge in [-0.05, 0) is 88.4 Å². The summed E-state index contributed by atoms with van der Waals surface area (Å²) in [6, 6.07) is -0.414. The van der Waals surface area contributed by atoms with E-state index in [1.807, 2.05) is 0 Å². The lowest BCUT2D eigenvalue weighted by Gasteiger charge is -2.39. The molecule has 1 aliphatic carbocycles. The Morgan fingerprint density at radius 1 is 0.945 bits per heavy atom. The number of amides is 6. The molecule has 6 amide bonds. The largest absolute Gasteiger partial charge is 0.508 e. The van der Waals surface area contributed by atoms with Gasteiger partial charge >= 0.3 is 0 Å². The molecule has 10 atom stereocenters. The van der Waals surface area contributed by atoms with Crippen LogP contribution in [0.5, 0.6) is 5.75 Å². The van der Waals surface area contributed by atoms with E-state index in [4.69, 9.17) is 5.73 Å². The van der Waals surface area contributed by atoms with Crippen LogP contribution in [0, 0.1) is 5.92 Å². The fourth-order valence-corrected chi connectivity index (χ4v) is 7.90. The minimum Gasteiger partial charge on any atom is -0.508 e. The van der Waals surface area contributed by atoms with Crippen LogP contribution in [0.3, 0.4) is 0 Å². The second-order valence-corrected chi connectivity index (χ2v) is 15.0. The van der Waals surface area contributed by atoms with Gasteiger partial charge in [-0.25, -0.2) is 0 Å². The van der Waals surface area contributed by atoms with Crippen molar-refractivity contribution in [2.75, 3.05) is 19.6 Å². The fraction of sp³-hybridized carbons (Fsp3) is 0.649. The zero-order chi connectivity index (χ0) is 40.0. The van der Waals surface area contributed by atoms with Crippen LogP contribution in [0.15, 0.2) is 29.3 Å². The van der Waals surface area contributed by atoms with E-state index >= 15 is 0 Å². The number of benzene rings is 1. The highest BCUT2D eigenvalue weighted by atomic mass is 16.3. The number of hydrogen-bond acceptors (Lipinski definition) is 12. The second-order valence-electron chi connectivity index (χ2n) is 15.0. The Bertz CT molecular complexity index is 1620. The van der Waals surface area contributed by atoms with Gasteiger partial charge in [-0.3, -0.25) is 33.8 Å². The molecule has 10 unspecified atom stereocenters. The quantitative estimate of drug-likeness (QED) is 0.134. The van der Waals surface area contributed by atoms with Crippen LogP contribution < -0.4 is 27.0 Å². The fourth-order valence-electron chi connectivity index (χ4n) is 7.90. The lowest BCUT2D eigenvalue weighted by atomic mass is 9.78. The Balaban J connectivity index is 1.50. The third-order valence-corrected chi connectivity index (χ3v) is 10.9. The van der Waals surface area contributed by atoms with Crippen molar-refractivity contribution in [2.45, 2.75) is 126 Å². The Morgan fingerprint density at radius 3 is 2.33 bits per heavy atom. The molecule has 5 rings (SSSR count). The zero-order valence-corrected chi connectivity index (χ0v) is 31.2. The van der Waals surface area contributed by atoms with Crippen molar-refractivity contribution in [3.63, 3.8) is 0 Å². The van der Waals surface area contributed by atoms with E-state index in [2.05, 4.69) is 26.3 Å². The van der Waals surface area contributed by atoms with Gasteiger partial charge in [0, 0.05) is 32.1 Å². The summed E-state index contributed by atoms with van der Waals surface area (Å²) >= 11 is 0. The monoisotopic (exact) mass is 770 g/mol. The number of aliphatic hydroxyl groups excluding tert-OH is 3.